The molecule has 0 saturated carbocycles. The van der Waals surface area contributed by atoms with Gasteiger partial charge in [0.25, 0.3) is 10.0 Å². The molecular weight excluding hydrogens is 410 g/mol. The molecule has 8 nitrogen and oxygen atoms in total. The highest BCUT2D eigenvalue weighted by atomic mass is 32.3. The molecular formula is C16H29N3O5S3. The second-order valence-electron chi connectivity index (χ2n) is 7.42. The number of thiophene rings is 1. The van der Waals surface area contributed by atoms with E-state index in [1.165, 1.54) is 10.4 Å². The zero-order chi connectivity index (χ0) is 20.4. The van der Waals surface area contributed by atoms with Crippen LogP contribution < -0.4 is 10.5 Å². The molecule has 2 rings (SSSR count). The minimum Gasteiger partial charge on any atom is -0.393 e. The summed E-state index contributed by atoms with van der Waals surface area (Å²) in [5, 5.41) is 17.9. The lowest BCUT2D eigenvalue weighted by molar-refractivity contribution is 0.179. The second kappa shape index (κ2) is 8.85. The normalized spacial score (nSPS) is 21.3. The van der Waals surface area contributed by atoms with E-state index in [0.29, 0.717) is 55.2 Å². The van der Waals surface area contributed by atoms with E-state index in [1.54, 1.807) is 6.92 Å². The summed E-state index contributed by atoms with van der Waals surface area (Å²) in [5.74, 6) is 0.364. The maximum absolute atomic E-state index is 13.0. The first-order valence-corrected chi connectivity index (χ1v) is 12.8. The van der Waals surface area contributed by atoms with Gasteiger partial charge in [-0.1, -0.05) is 13.8 Å². The number of fused-ring (bicyclic) bond motifs is 1. The lowest BCUT2D eigenvalue weighted by Crippen LogP contribution is -2.44. The van der Waals surface area contributed by atoms with Crippen molar-refractivity contribution >= 4 is 31.4 Å². The van der Waals surface area contributed by atoms with Crippen LogP contribution in [0.2, 0.25) is 0 Å². The Morgan fingerprint density at radius 3 is 2.59 bits per heavy atom. The molecule has 1 aliphatic rings. The molecule has 2 atom stereocenters. The van der Waals surface area contributed by atoms with E-state index in [-0.39, 0.29) is 21.0 Å². The van der Waals surface area contributed by atoms with Crippen LogP contribution in [0.25, 0.3) is 0 Å². The molecule has 27 heavy (non-hydrogen) atoms. The molecule has 1 aromatic rings. The first-order valence-electron chi connectivity index (χ1n) is 9.01. The third-order valence-electron chi connectivity index (χ3n) is 4.37. The highest BCUT2D eigenvalue weighted by Gasteiger charge is 2.39. The van der Waals surface area contributed by atoms with E-state index in [0.717, 1.165) is 0 Å². The third-order valence-corrected chi connectivity index (χ3v) is 9.33. The van der Waals surface area contributed by atoms with Crippen LogP contribution in [-0.4, -0.2) is 52.0 Å². The number of nitrogens with one attached hydrogen (secondary N) is 1. The van der Waals surface area contributed by atoms with Crippen LogP contribution in [0, 0.1) is 5.92 Å². The van der Waals surface area contributed by atoms with E-state index in [1.807, 2.05) is 13.8 Å². The fourth-order valence-corrected chi connectivity index (χ4v) is 7.27. The standard InChI is InChI=1S/C16H29N3O5S3/c1-11(2)9-18-14-10-19(7-5-4-6-12(3)20)27(23,24)16-13(14)8-15(25-16)26(17,21)22/h8,11-12,14,18,20H,4-7,9-10H2,1-3H3,(H2,17,21,22). The van der Waals surface area contributed by atoms with Crippen molar-refractivity contribution in [1.82, 2.24) is 9.62 Å². The summed E-state index contributed by atoms with van der Waals surface area (Å²) in [5.41, 5.74) is 0.477. The third kappa shape index (κ3) is 5.72. The van der Waals surface area contributed by atoms with E-state index in [4.69, 9.17) is 5.14 Å². The van der Waals surface area contributed by atoms with Crippen molar-refractivity contribution in [1.29, 1.82) is 0 Å². The van der Waals surface area contributed by atoms with Gasteiger partial charge in [-0.25, -0.2) is 22.0 Å². The lowest BCUT2D eigenvalue weighted by Gasteiger charge is -2.33. The fraction of sp³-hybridized carbons (Fsp3) is 0.750. The SMILES string of the molecule is CC(C)CNC1CN(CCCCC(C)O)S(=O)(=O)c2sc(S(N)(=O)=O)cc21. The number of unbranched alkanes of at least 4 members (excludes halogenated alkanes) is 1. The molecule has 2 heterocycles. The molecule has 4 N–H and O–H groups in total. The zero-order valence-electron chi connectivity index (χ0n) is 15.9. The molecule has 2 unspecified atom stereocenters. The number of sulfonamides is 2. The molecule has 0 spiro atoms. The van der Waals surface area contributed by atoms with Gasteiger partial charge in [-0.15, -0.1) is 11.3 Å². The maximum Gasteiger partial charge on any atom is 0.252 e. The summed E-state index contributed by atoms with van der Waals surface area (Å²) in [6.07, 6.45) is 1.55. The molecule has 1 aliphatic heterocycles. The Kier molecular flexibility index (Phi) is 7.45. The number of nitrogens with zero attached hydrogens (tertiary/aromatic N) is 1. The highest BCUT2D eigenvalue weighted by molar-refractivity contribution is 7.94. The molecule has 0 bridgehead atoms. The zero-order valence-corrected chi connectivity index (χ0v) is 18.3. The van der Waals surface area contributed by atoms with Crippen LogP contribution in [-0.2, 0) is 20.0 Å². The molecule has 11 heteroatoms. The minimum atomic E-state index is -3.97. The van der Waals surface area contributed by atoms with Gasteiger partial charge in [-0.3, -0.25) is 0 Å². The average Bonchev–Trinajstić information content (AvgIpc) is 2.98. The van der Waals surface area contributed by atoms with E-state index in [9.17, 15) is 21.9 Å². The average molecular weight is 440 g/mol. The van der Waals surface area contributed by atoms with Gasteiger partial charge in [-0.05, 0) is 44.7 Å². The first kappa shape index (κ1) is 22.7. The quantitative estimate of drug-likeness (QED) is 0.496. The van der Waals surface area contributed by atoms with E-state index < -0.39 is 26.2 Å². The first-order chi connectivity index (χ1) is 12.4. The number of primary sulfonamides is 1. The van der Waals surface area contributed by atoms with E-state index in [2.05, 4.69) is 5.32 Å². The molecule has 0 fully saturated rings. The van der Waals surface area contributed by atoms with Gasteiger partial charge < -0.3 is 10.4 Å². The summed E-state index contributed by atoms with van der Waals surface area (Å²) < 4.78 is 50.7. The molecule has 0 aromatic carbocycles. The van der Waals surface area contributed by atoms with Gasteiger partial charge >= 0.3 is 0 Å². The number of aliphatic hydroxyl groups is 1. The molecule has 0 radical (unpaired) electrons. The summed E-state index contributed by atoms with van der Waals surface area (Å²) in [7, 11) is -7.73. The topological polar surface area (TPSA) is 130 Å². The number of hydrogen-bond donors (Lipinski definition) is 3. The lowest BCUT2D eigenvalue weighted by atomic mass is 10.1. The van der Waals surface area contributed by atoms with Crippen molar-refractivity contribution in [3.05, 3.63) is 11.6 Å². The largest absolute Gasteiger partial charge is 0.393 e. The van der Waals surface area contributed by atoms with Gasteiger partial charge in [0.1, 0.15) is 8.42 Å². The molecule has 0 amide bonds. The van der Waals surface area contributed by atoms with Crippen LogP contribution in [0.15, 0.2) is 14.5 Å². The molecule has 156 valence electrons. The van der Waals surface area contributed by atoms with Crippen LogP contribution in [0.1, 0.15) is 51.6 Å². The van der Waals surface area contributed by atoms with Crippen molar-refractivity contribution in [2.75, 3.05) is 19.6 Å². The summed E-state index contributed by atoms with van der Waals surface area (Å²) in [4.78, 5) is 0. The maximum atomic E-state index is 13.0. The number of hydrogen-bond acceptors (Lipinski definition) is 7. The summed E-state index contributed by atoms with van der Waals surface area (Å²) in [6, 6.07) is 1.10. The minimum absolute atomic E-state index is 0.0505. The van der Waals surface area contributed by atoms with Gasteiger partial charge in [0.2, 0.25) is 10.0 Å². The van der Waals surface area contributed by atoms with Gasteiger partial charge in [0, 0.05) is 24.7 Å². The van der Waals surface area contributed by atoms with Gasteiger partial charge in [0.05, 0.1) is 6.10 Å². The van der Waals surface area contributed by atoms with Crippen LogP contribution in [0.4, 0.5) is 0 Å². The van der Waals surface area contributed by atoms with Gasteiger partial charge in [0.15, 0.2) is 0 Å². The monoisotopic (exact) mass is 439 g/mol. The second-order valence-corrected chi connectivity index (χ2v) is 12.4. The Hall–Kier alpha value is -0.560. The number of aliphatic hydroxyl groups excluding tert-OH is 1. The summed E-state index contributed by atoms with van der Waals surface area (Å²) >= 11 is 0.712. The predicted octanol–water partition coefficient (Wildman–Crippen LogP) is 1.24. The summed E-state index contributed by atoms with van der Waals surface area (Å²) in [6.45, 7) is 7.06. The molecule has 0 aliphatic carbocycles. The highest BCUT2D eigenvalue weighted by Crippen LogP contribution is 2.40. The van der Waals surface area contributed by atoms with Crippen molar-refractivity contribution in [3.63, 3.8) is 0 Å². The Bertz CT molecular complexity index is 847. The van der Waals surface area contributed by atoms with Crippen molar-refractivity contribution in [3.8, 4) is 0 Å². The molecule has 1 aromatic heterocycles. The Morgan fingerprint density at radius 1 is 1.37 bits per heavy atom. The Morgan fingerprint density at radius 2 is 2.04 bits per heavy atom. The van der Waals surface area contributed by atoms with E-state index >= 15 is 0 Å². The van der Waals surface area contributed by atoms with Crippen LogP contribution >= 0.6 is 11.3 Å². The van der Waals surface area contributed by atoms with Crippen LogP contribution in [0.5, 0.6) is 0 Å². The fourth-order valence-electron chi connectivity index (χ4n) is 2.96. The van der Waals surface area contributed by atoms with Crippen molar-refractivity contribution in [2.45, 2.75) is 60.6 Å². The molecule has 0 saturated heterocycles. The number of rotatable bonds is 9. The Balaban J connectivity index is 2.31. The number of nitrogens with two attached hydrogens (primary N) is 1. The van der Waals surface area contributed by atoms with Crippen molar-refractivity contribution in [2.24, 2.45) is 11.1 Å². The van der Waals surface area contributed by atoms with Crippen LogP contribution in [0.3, 0.4) is 0 Å². The van der Waals surface area contributed by atoms with Crippen molar-refractivity contribution < 1.29 is 21.9 Å². The Labute approximate surface area is 165 Å². The van der Waals surface area contributed by atoms with Gasteiger partial charge in [-0.2, -0.15) is 4.31 Å². The smallest absolute Gasteiger partial charge is 0.252 e. The predicted molar refractivity (Wildman–Crippen MR) is 106 cm³/mol.